The summed E-state index contributed by atoms with van der Waals surface area (Å²) in [6.07, 6.45) is 5.06. The second-order valence-corrected chi connectivity index (χ2v) is 6.76. The summed E-state index contributed by atoms with van der Waals surface area (Å²) in [5.41, 5.74) is 1.66. The highest BCUT2D eigenvalue weighted by molar-refractivity contribution is 7.07. The Labute approximate surface area is 129 Å². The van der Waals surface area contributed by atoms with E-state index in [4.69, 9.17) is 0 Å². The summed E-state index contributed by atoms with van der Waals surface area (Å²) in [6, 6.07) is 7.23. The van der Waals surface area contributed by atoms with Crippen molar-refractivity contribution in [2.24, 2.45) is 10.9 Å². The molecule has 0 N–H and O–H groups in total. The van der Waals surface area contributed by atoms with Gasteiger partial charge in [-0.3, -0.25) is 0 Å². The smallest absolute Gasteiger partial charge is 0.190 e. The number of nitrogens with zero attached hydrogens (tertiary/aromatic N) is 2. The molecule has 1 aromatic heterocycles. The lowest BCUT2D eigenvalue weighted by Gasteiger charge is -2.30. The van der Waals surface area contributed by atoms with E-state index >= 15 is 0 Å². The molecule has 2 unspecified atom stereocenters. The van der Waals surface area contributed by atoms with Gasteiger partial charge in [0.2, 0.25) is 0 Å². The molecule has 0 saturated heterocycles. The largest absolute Gasteiger partial charge is 0.318 e. The summed E-state index contributed by atoms with van der Waals surface area (Å²) in [7, 11) is 0. The van der Waals surface area contributed by atoms with Crippen molar-refractivity contribution in [3.8, 4) is 0 Å². The summed E-state index contributed by atoms with van der Waals surface area (Å²) < 4.78 is 16.2. The zero-order valence-electron chi connectivity index (χ0n) is 12.6. The molecule has 3 rings (SSSR count). The number of halogens is 1. The molecule has 1 heterocycles. The van der Waals surface area contributed by atoms with Crippen molar-refractivity contribution in [2.45, 2.75) is 45.6 Å². The number of aromatic nitrogens is 1. The Kier molecular flexibility index (Phi) is 4.24. The van der Waals surface area contributed by atoms with Crippen LogP contribution < -0.4 is 4.80 Å². The molecule has 4 heteroatoms. The van der Waals surface area contributed by atoms with E-state index in [9.17, 15) is 4.39 Å². The molecule has 0 spiro atoms. The molecule has 1 saturated carbocycles. The first-order chi connectivity index (χ1) is 10.2. The summed E-state index contributed by atoms with van der Waals surface area (Å²) >= 11 is 1.61. The van der Waals surface area contributed by atoms with Crippen LogP contribution in [0.25, 0.3) is 0 Å². The number of aryl methyl sites for hydroxylation is 1. The van der Waals surface area contributed by atoms with Crippen molar-refractivity contribution in [3.05, 3.63) is 46.0 Å². The van der Waals surface area contributed by atoms with Crippen molar-refractivity contribution in [1.29, 1.82) is 0 Å². The van der Waals surface area contributed by atoms with Gasteiger partial charge in [-0.05, 0) is 37.8 Å². The second kappa shape index (κ2) is 6.14. The van der Waals surface area contributed by atoms with Crippen molar-refractivity contribution in [3.63, 3.8) is 0 Å². The van der Waals surface area contributed by atoms with Gasteiger partial charge in [-0.15, -0.1) is 11.3 Å². The van der Waals surface area contributed by atoms with Crippen LogP contribution in [0.1, 0.15) is 44.3 Å². The van der Waals surface area contributed by atoms with Crippen LogP contribution in [0, 0.1) is 18.7 Å². The van der Waals surface area contributed by atoms with E-state index in [1.54, 1.807) is 23.5 Å². The Hall–Kier alpha value is -1.42. The number of para-hydroxylation sites is 1. The highest BCUT2D eigenvalue weighted by Gasteiger charge is 2.24. The quantitative estimate of drug-likeness (QED) is 0.744. The fourth-order valence-electron chi connectivity index (χ4n) is 3.21. The van der Waals surface area contributed by atoms with Gasteiger partial charge < -0.3 is 4.57 Å². The SMILES string of the molecule is Cc1csc(=Nc2ccccc2F)n1C1CCCCC1C. The zero-order chi connectivity index (χ0) is 14.8. The van der Waals surface area contributed by atoms with Gasteiger partial charge in [-0.25, -0.2) is 9.38 Å². The van der Waals surface area contributed by atoms with Gasteiger partial charge in [0.1, 0.15) is 11.5 Å². The van der Waals surface area contributed by atoms with Crippen molar-refractivity contribution in [1.82, 2.24) is 4.57 Å². The third-order valence-corrected chi connectivity index (χ3v) is 5.35. The normalized spacial score (nSPS) is 23.5. The molecule has 1 aromatic carbocycles. The van der Waals surface area contributed by atoms with Crippen LogP contribution in [0.5, 0.6) is 0 Å². The average molecular weight is 304 g/mol. The van der Waals surface area contributed by atoms with E-state index in [1.165, 1.54) is 37.4 Å². The Morgan fingerprint density at radius 2 is 2.00 bits per heavy atom. The molecule has 0 amide bonds. The van der Waals surface area contributed by atoms with Crippen molar-refractivity contribution < 1.29 is 4.39 Å². The first-order valence-electron chi connectivity index (χ1n) is 7.62. The van der Waals surface area contributed by atoms with Crippen LogP contribution >= 0.6 is 11.3 Å². The Morgan fingerprint density at radius 3 is 2.76 bits per heavy atom. The molecule has 21 heavy (non-hydrogen) atoms. The van der Waals surface area contributed by atoms with E-state index in [-0.39, 0.29) is 5.82 Å². The third kappa shape index (κ3) is 2.95. The minimum absolute atomic E-state index is 0.258. The molecule has 1 fully saturated rings. The fraction of sp³-hybridized carbons (Fsp3) is 0.471. The predicted octanol–water partition coefficient (Wildman–Crippen LogP) is 4.98. The number of thiazole rings is 1. The summed E-state index contributed by atoms with van der Waals surface area (Å²) in [5, 5.41) is 2.13. The fourth-order valence-corrected chi connectivity index (χ4v) is 4.15. The van der Waals surface area contributed by atoms with Crippen molar-refractivity contribution >= 4 is 17.0 Å². The summed E-state index contributed by atoms with van der Waals surface area (Å²) in [4.78, 5) is 5.49. The van der Waals surface area contributed by atoms with E-state index in [2.05, 4.69) is 28.8 Å². The zero-order valence-corrected chi connectivity index (χ0v) is 13.4. The molecule has 112 valence electrons. The van der Waals surface area contributed by atoms with Crippen molar-refractivity contribution in [2.75, 3.05) is 0 Å². The Morgan fingerprint density at radius 1 is 1.24 bits per heavy atom. The van der Waals surface area contributed by atoms with Crippen LogP contribution in [0.4, 0.5) is 10.1 Å². The Bertz CT molecular complexity index is 686. The first kappa shape index (κ1) is 14.5. The lowest BCUT2D eigenvalue weighted by Crippen LogP contribution is -2.29. The van der Waals surface area contributed by atoms with Crippen LogP contribution in [-0.4, -0.2) is 4.57 Å². The molecule has 1 aliphatic carbocycles. The number of hydrogen-bond acceptors (Lipinski definition) is 2. The number of benzene rings is 1. The molecule has 2 nitrogen and oxygen atoms in total. The minimum atomic E-state index is -0.258. The molecule has 0 bridgehead atoms. The van der Waals surface area contributed by atoms with Gasteiger partial charge in [0, 0.05) is 17.1 Å². The lowest BCUT2D eigenvalue weighted by atomic mass is 9.85. The molecule has 1 aliphatic rings. The number of rotatable bonds is 2. The van der Waals surface area contributed by atoms with Gasteiger partial charge in [0.25, 0.3) is 0 Å². The van der Waals surface area contributed by atoms with Gasteiger partial charge in [0.05, 0.1) is 0 Å². The summed E-state index contributed by atoms with van der Waals surface area (Å²) in [5.74, 6) is 0.401. The van der Waals surface area contributed by atoms with Gasteiger partial charge in [-0.2, -0.15) is 0 Å². The van der Waals surface area contributed by atoms with Gasteiger partial charge in [0.15, 0.2) is 4.80 Å². The molecule has 2 atom stereocenters. The second-order valence-electron chi connectivity index (χ2n) is 5.92. The summed E-state index contributed by atoms with van der Waals surface area (Å²) in [6.45, 7) is 4.44. The highest BCUT2D eigenvalue weighted by Crippen LogP contribution is 2.33. The topological polar surface area (TPSA) is 17.3 Å². The van der Waals surface area contributed by atoms with Gasteiger partial charge in [-0.1, -0.05) is 31.9 Å². The molecule has 2 aromatic rings. The standard InChI is InChI=1S/C17H21FN2S/c1-12-7-3-6-10-16(12)20-13(2)11-21-17(20)19-15-9-5-4-8-14(15)18/h4-5,8-9,11-12,16H,3,6-7,10H2,1-2H3. The Balaban J connectivity index is 2.07. The minimum Gasteiger partial charge on any atom is -0.318 e. The van der Waals surface area contributed by atoms with E-state index in [0.29, 0.717) is 17.6 Å². The average Bonchev–Trinajstić information content (AvgIpc) is 2.83. The molecule has 0 aliphatic heterocycles. The van der Waals surface area contributed by atoms with E-state index in [0.717, 1.165) is 4.80 Å². The monoisotopic (exact) mass is 304 g/mol. The maximum absolute atomic E-state index is 13.8. The third-order valence-electron chi connectivity index (χ3n) is 4.39. The maximum Gasteiger partial charge on any atom is 0.190 e. The highest BCUT2D eigenvalue weighted by atomic mass is 32.1. The van der Waals surface area contributed by atoms with Crippen LogP contribution in [0.2, 0.25) is 0 Å². The predicted molar refractivity (Wildman–Crippen MR) is 85.3 cm³/mol. The molecular formula is C17H21FN2S. The van der Waals surface area contributed by atoms with Crippen LogP contribution in [-0.2, 0) is 0 Å². The first-order valence-corrected chi connectivity index (χ1v) is 8.50. The molecular weight excluding hydrogens is 283 g/mol. The maximum atomic E-state index is 13.8. The lowest BCUT2D eigenvalue weighted by molar-refractivity contribution is 0.251. The van der Waals surface area contributed by atoms with Crippen LogP contribution in [0.15, 0.2) is 34.6 Å². The van der Waals surface area contributed by atoms with E-state index in [1.807, 2.05) is 6.07 Å². The number of hydrogen-bond donors (Lipinski definition) is 0. The van der Waals surface area contributed by atoms with E-state index < -0.39 is 0 Å². The van der Waals surface area contributed by atoms with Crippen LogP contribution in [0.3, 0.4) is 0 Å². The molecule has 0 radical (unpaired) electrons. The van der Waals surface area contributed by atoms with Gasteiger partial charge >= 0.3 is 0 Å².